The number of anilines is 1. The van der Waals surface area contributed by atoms with Gasteiger partial charge in [-0.3, -0.25) is 0 Å². The van der Waals surface area contributed by atoms with Crippen LogP contribution in [0.2, 0.25) is 0 Å². The third-order valence-corrected chi connectivity index (χ3v) is 4.12. The minimum atomic E-state index is -0.756. The summed E-state index contributed by atoms with van der Waals surface area (Å²) >= 11 is 1.32. The fourth-order valence-electron chi connectivity index (χ4n) is 2.29. The lowest BCUT2D eigenvalue weighted by atomic mass is 9.93. The Labute approximate surface area is 111 Å². The van der Waals surface area contributed by atoms with Gasteiger partial charge in [-0.15, -0.1) is 0 Å². The van der Waals surface area contributed by atoms with Crippen LogP contribution < -0.4 is 4.90 Å². The quantitative estimate of drug-likeness (QED) is 0.907. The maximum Gasteiger partial charge on any atom is 0.326 e. The van der Waals surface area contributed by atoms with Gasteiger partial charge >= 0.3 is 5.97 Å². The fourth-order valence-corrected chi connectivity index (χ4v) is 3.08. The van der Waals surface area contributed by atoms with Crippen LogP contribution in [-0.4, -0.2) is 33.0 Å². The molecule has 1 fully saturated rings. The van der Waals surface area contributed by atoms with Crippen molar-refractivity contribution < 1.29 is 9.90 Å². The van der Waals surface area contributed by atoms with Crippen molar-refractivity contribution in [1.29, 1.82) is 0 Å². The largest absolute Gasteiger partial charge is 0.480 e. The lowest BCUT2D eigenvalue weighted by Gasteiger charge is -2.35. The molecule has 0 aliphatic carbocycles. The molecule has 6 heteroatoms. The number of hydrogen-bond donors (Lipinski definition) is 1. The zero-order valence-corrected chi connectivity index (χ0v) is 11.6. The molecule has 0 bridgehead atoms. The van der Waals surface area contributed by atoms with Gasteiger partial charge < -0.3 is 10.0 Å². The second kappa shape index (κ2) is 5.65. The van der Waals surface area contributed by atoms with Crippen molar-refractivity contribution in [2.24, 2.45) is 5.92 Å². The molecular weight excluding hydrogens is 250 g/mol. The van der Waals surface area contributed by atoms with Crippen LogP contribution in [0.3, 0.4) is 0 Å². The average Bonchev–Trinajstić information content (AvgIpc) is 2.78. The van der Waals surface area contributed by atoms with E-state index in [1.165, 1.54) is 11.5 Å². The summed E-state index contributed by atoms with van der Waals surface area (Å²) in [6.07, 6.45) is 3.58. The third kappa shape index (κ3) is 2.80. The lowest BCUT2D eigenvalue weighted by Crippen LogP contribution is -2.47. The predicted octanol–water partition coefficient (Wildman–Crippen LogP) is 2.18. The summed E-state index contributed by atoms with van der Waals surface area (Å²) in [6.45, 7) is 4.96. The first-order chi connectivity index (χ1) is 8.61. The zero-order valence-electron chi connectivity index (χ0n) is 10.8. The molecule has 0 radical (unpaired) electrons. The van der Waals surface area contributed by atoms with E-state index in [-0.39, 0.29) is 0 Å². The third-order valence-electron chi connectivity index (χ3n) is 3.33. The number of rotatable bonds is 4. The summed E-state index contributed by atoms with van der Waals surface area (Å²) in [6, 6.07) is -0.448. The number of carboxylic acid groups (broad SMARTS) is 1. The minimum absolute atomic E-state index is 0.448. The number of aromatic nitrogens is 2. The highest BCUT2D eigenvalue weighted by molar-refractivity contribution is 7.09. The van der Waals surface area contributed by atoms with E-state index < -0.39 is 12.0 Å². The summed E-state index contributed by atoms with van der Waals surface area (Å²) < 4.78 is 4.29. The standard InChI is InChI=1S/C12H19N3O2S/c1-3-4-10-13-12(18-14-10)15-6-5-8(2)7-9(15)11(16)17/h8-9H,3-7H2,1-2H3,(H,16,17). The molecule has 2 heterocycles. The molecule has 1 N–H and O–H groups in total. The minimum Gasteiger partial charge on any atom is -0.480 e. The van der Waals surface area contributed by atoms with Crippen molar-refractivity contribution in [2.75, 3.05) is 11.4 Å². The van der Waals surface area contributed by atoms with Gasteiger partial charge in [0.2, 0.25) is 5.13 Å². The molecule has 1 aromatic rings. The SMILES string of the molecule is CCCc1nsc(N2CCC(C)CC2C(=O)O)n1. The normalized spacial score (nSPS) is 24.2. The molecule has 100 valence electrons. The maximum atomic E-state index is 11.3. The summed E-state index contributed by atoms with van der Waals surface area (Å²) in [5, 5.41) is 10.1. The van der Waals surface area contributed by atoms with Gasteiger partial charge in [0.15, 0.2) is 0 Å². The van der Waals surface area contributed by atoms with Crippen molar-refractivity contribution in [2.45, 2.75) is 45.6 Å². The molecule has 0 amide bonds. The maximum absolute atomic E-state index is 11.3. The molecular formula is C12H19N3O2S. The second-order valence-electron chi connectivity index (χ2n) is 4.92. The molecule has 1 aliphatic heterocycles. The average molecular weight is 269 g/mol. The Hall–Kier alpha value is -1.17. The van der Waals surface area contributed by atoms with Gasteiger partial charge in [-0.1, -0.05) is 13.8 Å². The van der Waals surface area contributed by atoms with E-state index in [0.29, 0.717) is 12.3 Å². The Morgan fingerprint density at radius 3 is 3.06 bits per heavy atom. The Bertz CT molecular complexity index is 421. The molecule has 1 saturated heterocycles. The van der Waals surface area contributed by atoms with Gasteiger partial charge in [0.25, 0.3) is 0 Å². The highest BCUT2D eigenvalue weighted by atomic mass is 32.1. The van der Waals surface area contributed by atoms with Gasteiger partial charge in [0.1, 0.15) is 11.9 Å². The van der Waals surface area contributed by atoms with Crippen LogP contribution in [0.1, 0.15) is 38.9 Å². The van der Waals surface area contributed by atoms with Gasteiger partial charge in [0.05, 0.1) is 0 Å². The summed E-state index contributed by atoms with van der Waals surface area (Å²) in [5.74, 6) is 0.541. The van der Waals surface area contributed by atoms with Crippen molar-refractivity contribution in [3.8, 4) is 0 Å². The first-order valence-corrected chi connectivity index (χ1v) is 7.21. The van der Waals surface area contributed by atoms with E-state index >= 15 is 0 Å². The number of hydrogen-bond acceptors (Lipinski definition) is 5. The van der Waals surface area contributed by atoms with Crippen molar-refractivity contribution in [3.63, 3.8) is 0 Å². The second-order valence-corrected chi connectivity index (χ2v) is 5.65. The summed E-state index contributed by atoms with van der Waals surface area (Å²) in [7, 11) is 0. The van der Waals surface area contributed by atoms with E-state index in [0.717, 1.165) is 36.8 Å². The smallest absolute Gasteiger partial charge is 0.326 e. The van der Waals surface area contributed by atoms with Crippen LogP contribution in [0.4, 0.5) is 5.13 Å². The van der Waals surface area contributed by atoms with Gasteiger partial charge in [-0.25, -0.2) is 9.78 Å². The molecule has 2 unspecified atom stereocenters. The first-order valence-electron chi connectivity index (χ1n) is 6.43. The Balaban J connectivity index is 2.15. The topological polar surface area (TPSA) is 66.3 Å². The van der Waals surface area contributed by atoms with Crippen molar-refractivity contribution in [1.82, 2.24) is 9.36 Å². The first kappa shape index (κ1) is 13.3. The highest BCUT2D eigenvalue weighted by Crippen LogP contribution is 2.29. The van der Waals surface area contributed by atoms with Gasteiger partial charge in [-0.2, -0.15) is 4.37 Å². The molecule has 2 rings (SSSR count). The highest BCUT2D eigenvalue weighted by Gasteiger charge is 2.33. The predicted molar refractivity (Wildman–Crippen MR) is 71.1 cm³/mol. The Morgan fingerprint density at radius 1 is 1.61 bits per heavy atom. The van der Waals surface area contributed by atoms with Crippen molar-refractivity contribution >= 4 is 22.6 Å². The van der Waals surface area contributed by atoms with Crippen LogP contribution in [0.5, 0.6) is 0 Å². The van der Waals surface area contributed by atoms with Crippen LogP contribution in [0.25, 0.3) is 0 Å². The summed E-state index contributed by atoms with van der Waals surface area (Å²) in [4.78, 5) is 17.7. The van der Waals surface area contributed by atoms with E-state index in [4.69, 9.17) is 0 Å². The number of aliphatic carboxylic acids is 1. The van der Waals surface area contributed by atoms with E-state index in [1.807, 2.05) is 4.90 Å². The lowest BCUT2D eigenvalue weighted by molar-refractivity contribution is -0.139. The van der Waals surface area contributed by atoms with Crippen LogP contribution >= 0.6 is 11.5 Å². The zero-order chi connectivity index (χ0) is 13.1. The van der Waals surface area contributed by atoms with Gasteiger partial charge in [0, 0.05) is 24.5 Å². The molecule has 5 nitrogen and oxygen atoms in total. The van der Waals surface area contributed by atoms with Crippen LogP contribution in [0, 0.1) is 5.92 Å². The van der Waals surface area contributed by atoms with Gasteiger partial charge in [-0.05, 0) is 25.2 Å². The Morgan fingerprint density at radius 2 is 2.39 bits per heavy atom. The fraction of sp³-hybridized carbons (Fsp3) is 0.750. The summed E-state index contributed by atoms with van der Waals surface area (Å²) in [5.41, 5.74) is 0. The molecule has 1 aliphatic rings. The Kier molecular flexibility index (Phi) is 4.16. The molecule has 1 aromatic heterocycles. The molecule has 0 spiro atoms. The number of carboxylic acids is 1. The number of carbonyl (C=O) groups is 1. The number of aryl methyl sites for hydroxylation is 1. The van der Waals surface area contributed by atoms with E-state index in [2.05, 4.69) is 23.2 Å². The molecule has 0 aromatic carbocycles. The monoisotopic (exact) mass is 269 g/mol. The molecule has 18 heavy (non-hydrogen) atoms. The number of piperidine rings is 1. The van der Waals surface area contributed by atoms with E-state index in [9.17, 15) is 9.90 Å². The van der Waals surface area contributed by atoms with E-state index in [1.54, 1.807) is 0 Å². The van der Waals surface area contributed by atoms with Crippen molar-refractivity contribution in [3.05, 3.63) is 5.82 Å². The number of nitrogens with zero attached hydrogens (tertiary/aromatic N) is 3. The van der Waals surface area contributed by atoms with Crippen LogP contribution in [0.15, 0.2) is 0 Å². The molecule has 0 saturated carbocycles. The molecule has 2 atom stereocenters. The van der Waals surface area contributed by atoms with Crippen LogP contribution in [-0.2, 0) is 11.2 Å².